The molecule has 0 amide bonds. The Bertz CT molecular complexity index is 311. The highest BCUT2D eigenvalue weighted by Crippen LogP contribution is 2.30. The van der Waals surface area contributed by atoms with Gasteiger partial charge in [0.25, 0.3) is 0 Å². The number of aromatic nitrogens is 1. The standard InChI is InChI=1S/C9H9BrF3N/c1-2-6(10)7-4-3-5-8(14-7)9(11,12)13/h3-6H,2H2,1H3. The van der Waals surface area contributed by atoms with Gasteiger partial charge in [-0.2, -0.15) is 13.2 Å². The van der Waals surface area contributed by atoms with Crippen LogP contribution in [0.5, 0.6) is 0 Å². The molecule has 1 heterocycles. The molecule has 0 aliphatic carbocycles. The number of halogens is 4. The molecule has 0 aliphatic rings. The molecule has 0 aliphatic heterocycles. The van der Waals surface area contributed by atoms with Gasteiger partial charge in [0.15, 0.2) is 0 Å². The van der Waals surface area contributed by atoms with Crippen LogP contribution in [0.4, 0.5) is 13.2 Å². The largest absolute Gasteiger partial charge is 0.433 e. The van der Waals surface area contributed by atoms with E-state index in [-0.39, 0.29) is 4.83 Å². The lowest BCUT2D eigenvalue weighted by Gasteiger charge is -2.10. The zero-order chi connectivity index (χ0) is 10.8. The summed E-state index contributed by atoms with van der Waals surface area (Å²) in [5, 5.41) is 0. The Hall–Kier alpha value is -0.580. The molecule has 0 spiro atoms. The molecule has 1 atom stereocenters. The van der Waals surface area contributed by atoms with Crippen molar-refractivity contribution in [1.29, 1.82) is 0 Å². The van der Waals surface area contributed by atoms with E-state index in [0.29, 0.717) is 12.1 Å². The van der Waals surface area contributed by atoms with E-state index in [0.717, 1.165) is 6.07 Å². The molecule has 0 saturated heterocycles. The van der Waals surface area contributed by atoms with E-state index in [1.165, 1.54) is 6.07 Å². The summed E-state index contributed by atoms with van der Waals surface area (Å²) in [5.74, 6) is 0. The van der Waals surface area contributed by atoms with Gasteiger partial charge in [-0.3, -0.25) is 0 Å². The van der Waals surface area contributed by atoms with Crippen molar-refractivity contribution in [3.63, 3.8) is 0 Å². The highest BCUT2D eigenvalue weighted by atomic mass is 79.9. The van der Waals surface area contributed by atoms with E-state index < -0.39 is 11.9 Å². The Balaban J connectivity index is 3.01. The molecule has 1 unspecified atom stereocenters. The van der Waals surface area contributed by atoms with Crippen LogP contribution in [0, 0.1) is 0 Å². The normalized spacial score (nSPS) is 14.1. The second kappa shape index (κ2) is 4.29. The molecular weight excluding hydrogens is 259 g/mol. The summed E-state index contributed by atoms with van der Waals surface area (Å²) >= 11 is 3.26. The molecule has 1 rings (SSSR count). The van der Waals surface area contributed by atoms with Crippen LogP contribution in [0.2, 0.25) is 0 Å². The zero-order valence-electron chi connectivity index (χ0n) is 7.48. The van der Waals surface area contributed by atoms with Crippen molar-refractivity contribution < 1.29 is 13.2 Å². The Morgan fingerprint density at radius 1 is 1.43 bits per heavy atom. The minimum atomic E-state index is -4.36. The summed E-state index contributed by atoms with van der Waals surface area (Å²) in [6.07, 6.45) is -3.66. The zero-order valence-corrected chi connectivity index (χ0v) is 9.06. The molecule has 5 heteroatoms. The van der Waals surface area contributed by atoms with Crippen LogP contribution in [0.1, 0.15) is 29.6 Å². The molecule has 0 fully saturated rings. The van der Waals surface area contributed by atoms with Crippen LogP contribution >= 0.6 is 15.9 Å². The number of hydrogen-bond donors (Lipinski definition) is 0. The molecule has 1 aromatic rings. The van der Waals surface area contributed by atoms with E-state index in [9.17, 15) is 13.2 Å². The molecule has 0 bridgehead atoms. The van der Waals surface area contributed by atoms with Crippen LogP contribution in [0.25, 0.3) is 0 Å². The topological polar surface area (TPSA) is 12.9 Å². The highest BCUT2D eigenvalue weighted by molar-refractivity contribution is 9.09. The van der Waals surface area contributed by atoms with E-state index in [4.69, 9.17) is 0 Å². The van der Waals surface area contributed by atoms with Gasteiger partial charge in [0.05, 0.1) is 10.5 Å². The predicted octanol–water partition coefficient (Wildman–Crippen LogP) is 3.95. The maximum atomic E-state index is 12.3. The predicted molar refractivity (Wildman–Crippen MR) is 51.2 cm³/mol. The lowest BCUT2D eigenvalue weighted by atomic mass is 10.2. The Morgan fingerprint density at radius 3 is 2.57 bits per heavy atom. The van der Waals surface area contributed by atoms with Gasteiger partial charge in [0.1, 0.15) is 5.69 Å². The second-order valence-corrected chi connectivity index (χ2v) is 3.93. The third-order valence-corrected chi connectivity index (χ3v) is 2.86. The molecule has 0 N–H and O–H groups in total. The van der Waals surface area contributed by atoms with Gasteiger partial charge in [-0.05, 0) is 18.6 Å². The molecule has 0 radical (unpaired) electrons. The number of pyridine rings is 1. The molecular formula is C9H9BrF3N. The number of hydrogen-bond acceptors (Lipinski definition) is 1. The lowest BCUT2D eigenvalue weighted by Crippen LogP contribution is -2.09. The van der Waals surface area contributed by atoms with Gasteiger partial charge in [-0.25, -0.2) is 4.98 Å². The number of nitrogens with zero attached hydrogens (tertiary/aromatic N) is 1. The van der Waals surface area contributed by atoms with Crippen LogP contribution in [0.15, 0.2) is 18.2 Å². The van der Waals surface area contributed by atoms with Gasteiger partial charge < -0.3 is 0 Å². The first kappa shape index (κ1) is 11.5. The fourth-order valence-corrected chi connectivity index (χ4v) is 1.25. The Morgan fingerprint density at radius 2 is 2.07 bits per heavy atom. The maximum absolute atomic E-state index is 12.3. The smallest absolute Gasteiger partial charge is 0.247 e. The van der Waals surface area contributed by atoms with E-state index >= 15 is 0 Å². The van der Waals surface area contributed by atoms with Gasteiger partial charge in [0, 0.05) is 0 Å². The van der Waals surface area contributed by atoms with Gasteiger partial charge in [0.2, 0.25) is 0 Å². The quantitative estimate of drug-likeness (QED) is 0.740. The fraction of sp³-hybridized carbons (Fsp3) is 0.444. The number of rotatable bonds is 2. The molecule has 78 valence electrons. The highest BCUT2D eigenvalue weighted by Gasteiger charge is 2.32. The minimum Gasteiger partial charge on any atom is -0.247 e. The molecule has 0 saturated carbocycles. The van der Waals surface area contributed by atoms with Crippen LogP contribution in [-0.4, -0.2) is 4.98 Å². The van der Waals surface area contributed by atoms with Crippen molar-refractivity contribution in [1.82, 2.24) is 4.98 Å². The molecule has 1 nitrogen and oxygen atoms in total. The number of alkyl halides is 4. The van der Waals surface area contributed by atoms with Gasteiger partial charge in [-0.15, -0.1) is 0 Å². The third kappa shape index (κ3) is 2.70. The van der Waals surface area contributed by atoms with Crippen molar-refractivity contribution in [2.75, 3.05) is 0 Å². The van der Waals surface area contributed by atoms with Crippen LogP contribution in [-0.2, 0) is 6.18 Å². The van der Waals surface area contributed by atoms with E-state index in [2.05, 4.69) is 20.9 Å². The molecule has 1 aromatic heterocycles. The third-order valence-electron chi connectivity index (χ3n) is 1.74. The maximum Gasteiger partial charge on any atom is 0.433 e. The summed E-state index contributed by atoms with van der Waals surface area (Å²) in [6.45, 7) is 1.88. The summed E-state index contributed by atoms with van der Waals surface area (Å²) in [4.78, 5) is 3.42. The molecule has 0 aromatic carbocycles. The summed E-state index contributed by atoms with van der Waals surface area (Å²) < 4.78 is 36.8. The first-order valence-corrected chi connectivity index (χ1v) is 5.05. The first-order chi connectivity index (χ1) is 6.45. The van der Waals surface area contributed by atoms with Crippen molar-refractivity contribution in [3.05, 3.63) is 29.6 Å². The van der Waals surface area contributed by atoms with Crippen LogP contribution in [0.3, 0.4) is 0 Å². The minimum absolute atomic E-state index is 0.121. The van der Waals surface area contributed by atoms with Crippen molar-refractivity contribution in [3.8, 4) is 0 Å². The van der Waals surface area contributed by atoms with Crippen molar-refractivity contribution >= 4 is 15.9 Å². The molecule has 14 heavy (non-hydrogen) atoms. The van der Waals surface area contributed by atoms with Crippen molar-refractivity contribution in [2.45, 2.75) is 24.3 Å². The van der Waals surface area contributed by atoms with Crippen LogP contribution < -0.4 is 0 Å². The average Bonchev–Trinajstić information content (AvgIpc) is 2.15. The summed E-state index contributed by atoms with van der Waals surface area (Å²) in [7, 11) is 0. The second-order valence-electron chi connectivity index (χ2n) is 2.82. The van der Waals surface area contributed by atoms with Gasteiger partial charge >= 0.3 is 6.18 Å². The van der Waals surface area contributed by atoms with E-state index in [1.54, 1.807) is 6.07 Å². The van der Waals surface area contributed by atoms with Crippen molar-refractivity contribution in [2.24, 2.45) is 0 Å². The Labute approximate surface area is 88.5 Å². The summed E-state index contributed by atoms with van der Waals surface area (Å²) in [5.41, 5.74) is -0.421. The fourth-order valence-electron chi connectivity index (χ4n) is 0.993. The van der Waals surface area contributed by atoms with Gasteiger partial charge in [-0.1, -0.05) is 28.9 Å². The first-order valence-electron chi connectivity index (χ1n) is 4.13. The Kier molecular flexibility index (Phi) is 3.53. The SMILES string of the molecule is CCC(Br)c1cccc(C(F)(F)F)n1. The lowest BCUT2D eigenvalue weighted by molar-refractivity contribution is -0.141. The summed E-state index contributed by atoms with van der Waals surface area (Å²) in [6, 6.07) is 3.92. The van der Waals surface area contributed by atoms with E-state index in [1.807, 2.05) is 6.92 Å². The average molecular weight is 268 g/mol. The monoisotopic (exact) mass is 267 g/mol.